The van der Waals surface area contributed by atoms with E-state index in [1.165, 1.54) is 30.9 Å². The third-order valence-corrected chi connectivity index (χ3v) is 8.51. The highest BCUT2D eigenvalue weighted by Crippen LogP contribution is 2.33. The van der Waals surface area contributed by atoms with Gasteiger partial charge in [-0.15, -0.1) is 0 Å². The maximum absolute atomic E-state index is 13.8. The SMILES string of the molecule is CCCCc1nc(=O)c(S(=O)(=O)c2ccc(-c3ccc(OC)nc3C)cc2)c(O)n1[C@@H](COC)c1ccccc1. The van der Waals surface area contributed by atoms with Gasteiger partial charge in [-0.1, -0.05) is 55.8 Å². The molecule has 0 amide bonds. The van der Waals surface area contributed by atoms with Crippen LogP contribution >= 0.6 is 0 Å². The minimum atomic E-state index is -4.43. The molecule has 1 atom stereocenters. The number of aromatic nitrogens is 3. The van der Waals surface area contributed by atoms with Gasteiger partial charge in [0, 0.05) is 30.9 Å². The third kappa shape index (κ3) is 5.78. The van der Waals surface area contributed by atoms with Gasteiger partial charge >= 0.3 is 0 Å². The Labute approximate surface area is 234 Å². The fourth-order valence-electron chi connectivity index (χ4n) is 4.66. The second-order valence-corrected chi connectivity index (χ2v) is 11.2. The van der Waals surface area contributed by atoms with Gasteiger partial charge in [0.05, 0.1) is 24.7 Å². The fraction of sp³-hybridized carbons (Fsp3) is 0.300. The predicted octanol–water partition coefficient (Wildman–Crippen LogP) is 4.74. The smallest absolute Gasteiger partial charge is 0.296 e. The first-order valence-electron chi connectivity index (χ1n) is 13.0. The van der Waals surface area contributed by atoms with Crippen molar-refractivity contribution in [2.45, 2.75) is 48.9 Å². The number of hydrogen-bond acceptors (Lipinski definition) is 8. The number of rotatable bonds is 11. The summed E-state index contributed by atoms with van der Waals surface area (Å²) in [6.45, 7) is 3.96. The van der Waals surface area contributed by atoms with Gasteiger partial charge in [0.15, 0.2) is 4.90 Å². The number of methoxy groups -OCH3 is 2. The summed E-state index contributed by atoms with van der Waals surface area (Å²) in [6, 6.07) is 18.3. The molecule has 1 N–H and O–H groups in total. The Hall–Kier alpha value is -4.02. The lowest BCUT2D eigenvalue weighted by atomic mass is 10.0. The molecule has 0 spiro atoms. The molecule has 0 unspecified atom stereocenters. The molecule has 4 rings (SSSR count). The molecule has 0 radical (unpaired) electrons. The molecule has 0 aliphatic heterocycles. The highest BCUT2D eigenvalue weighted by atomic mass is 32.2. The van der Waals surface area contributed by atoms with Gasteiger partial charge in [-0.3, -0.25) is 9.36 Å². The normalized spacial score (nSPS) is 12.3. The van der Waals surface area contributed by atoms with E-state index in [1.807, 2.05) is 50.2 Å². The van der Waals surface area contributed by atoms with Crippen LogP contribution < -0.4 is 10.3 Å². The molecule has 210 valence electrons. The molecule has 4 aromatic rings. The molecule has 0 saturated heterocycles. The van der Waals surface area contributed by atoms with E-state index in [2.05, 4.69) is 9.97 Å². The maximum Gasteiger partial charge on any atom is 0.296 e. The van der Waals surface area contributed by atoms with Crippen molar-refractivity contribution in [2.24, 2.45) is 0 Å². The van der Waals surface area contributed by atoms with E-state index in [-0.39, 0.29) is 11.5 Å². The van der Waals surface area contributed by atoms with E-state index in [4.69, 9.17) is 9.47 Å². The first-order valence-corrected chi connectivity index (χ1v) is 14.5. The monoisotopic (exact) mass is 563 g/mol. The molecule has 0 saturated carbocycles. The van der Waals surface area contributed by atoms with Gasteiger partial charge in [-0.25, -0.2) is 13.4 Å². The molecule has 10 heteroatoms. The van der Waals surface area contributed by atoms with Crippen molar-refractivity contribution in [2.75, 3.05) is 20.8 Å². The van der Waals surface area contributed by atoms with E-state index in [0.717, 1.165) is 23.1 Å². The highest BCUT2D eigenvalue weighted by molar-refractivity contribution is 7.91. The van der Waals surface area contributed by atoms with Gasteiger partial charge < -0.3 is 14.6 Å². The first-order chi connectivity index (χ1) is 19.2. The lowest BCUT2D eigenvalue weighted by molar-refractivity contribution is 0.161. The van der Waals surface area contributed by atoms with Gasteiger partial charge in [0.25, 0.3) is 5.56 Å². The van der Waals surface area contributed by atoms with Crippen molar-refractivity contribution in [1.29, 1.82) is 0 Å². The Bertz CT molecular complexity index is 1640. The minimum absolute atomic E-state index is 0.130. The molecule has 0 aliphatic carbocycles. The van der Waals surface area contributed by atoms with Crippen molar-refractivity contribution in [3.63, 3.8) is 0 Å². The Kier molecular flexibility index (Phi) is 9.01. The number of benzene rings is 2. The van der Waals surface area contributed by atoms with Crippen LogP contribution in [0.4, 0.5) is 0 Å². The van der Waals surface area contributed by atoms with Crippen molar-refractivity contribution in [1.82, 2.24) is 14.5 Å². The zero-order valence-electron chi connectivity index (χ0n) is 23.0. The van der Waals surface area contributed by atoms with Crippen LogP contribution in [0.25, 0.3) is 11.1 Å². The van der Waals surface area contributed by atoms with Crippen molar-refractivity contribution in [3.8, 4) is 22.9 Å². The van der Waals surface area contributed by atoms with Crippen LogP contribution in [0.1, 0.15) is 42.9 Å². The second-order valence-electron chi connectivity index (χ2n) is 9.36. The molecule has 9 nitrogen and oxygen atoms in total. The molecule has 2 heterocycles. The third-order valence-electron chi connectivity index (χ3n) is 6.72. The van der Waals surface area contributed by atoms with Crippen LogP contribution in [-0.4, -0.2) is 48.9 Å². The highest BCUT2D eigenvalue weighted by Gasteiger charge is 2.32. The Morgan fingerprint density at radius 3 is 2.27 bits per heavy atom. The molecule has 0 bridgehead atoms. The van der Waals surface area contributed by atoms with E-state index in [9.17, 15) is 18.3 Å². The number of nitrogens with zero attached hydrogens (tertiary/aromatic N) is 3. The van der Waals surface area contributed by atoms with E-state index >= 15 is 0 Å². The number of unbranched alkanes of at least 4 members (excludes halogenated alkanes) is 1. The standard InChI is InChI=1S/C30H33N3O6S/c1-5-6-12-26-32-29(34)28(30(35)33(26)25(19-38-3)22-10-8-7-9-11-22)40(36,37)23-15-13-21(14-16-23)24-17-18-27(39-4)31-20(24)2/h7-11,13-18,25,35H,5-6,12,19H2,1-4H3/t25-/m0/s1. The van der Waals surface area contributed by atoms with Crippen molar-refractivity contribution < 1.29 is 23.0 Å². The van der Waals surface area contributed by atoms with Crippen LogP contribution in [0.3, 0.4) is 0 Å². The first kappa shape index (κ1) is 29.0. The molecule has 40 heavy (non-hydrogen) atoms. The van der Waals surface area contributed by atoms with Crippen LogP contribution in [0.5, 0.6) is 11.8 Å². The zero-order chi connectivity index (χ0) is 28.9. The van der Waals surface area contributed by atoms with Crippen LogP contribution in [0.15, 0.2) is 81.3 Å². The summed E-state index contributed by atoms with van der Waals surface area (Å²) in [5.41, 5.74) is 2.04. The Balaban J connectivity index is 1.84. The lowest BCUT2D eigenvalue weighted by Gasteiger charge is -2.25. The summed E-state index contributed by atoms with van der Waals surface area (Å²) >= 11 is 0. The van der Waals surface area contributed by atoms with Crippen LogP contribution in [0.2, 0.25) is 0 Å². The van der Waals surface area contributed by atoms with Gasteiger partial charge in [-0.2, -0.15) is 4.98 Å². The van der Waals surface area contributed by atoms with Gasteiger partial charge in [0.1, 0.15) is 5.82 Å². The Morgan fingerprint density at radius 1 is 0.975 bits per heavy atom. The predicted molar refractivity (Wildman–Crippen MR) is 152 cm³/mol. The average Bonchev–Trinajstić information content (AvgIpc) is 2.95. The van der Waals surface area contributed by atoms with E-state index in [1.54, 1.807) is 18.2 Å². The number of aryl methyl sites for hydroxylation is 2. The Morgan fingerprint density at radius 2 is 1.68 bits per heavy atom. The summed E-state index contributed by atoms with van der Waals surface area (Å²) in [7, 11) is -1.38. The number of aromatic hydroxyl groups is 1. The summed E-state index contributed by atoms with van der Waals surface area (Å²) < 4.78 is 39.6. The summed E-state index contributed by atoms with van der Waals surface area (Å²) in [6.07, 6.45) is 1.91. The van der Waals surface area contributed by atoms with Gasteiger partial charge in [0.2, 0.25) is 21.6 Å². The molecule has 2 aromatic heterocycles. The molecule has 2 aromatic carbocycles. The summed E-state index contributed by atoms with van der Waals surface area (Å²) in [5, 5.41) is 11.5. The molecular weight excluding hydrogens is 530 g/mol. The maximum atomic E-state index is 13.8. The number of ether oxygens (including phenoxy) is 2. The minimum Gasteiger partial charge on any atom is -0.493 e. The molecular formula is C30H33N3O6S. The summed E-state index contributed by atoms with van der Waals surface area (Å²) in [5.74, 6) is 0.118. The fourth-order valence-corrected chi connectivity index (χ4v) is 6.01. The van der Waals surface area contributed by atoms with Crippen molar-refractivity contribution >= 4 is 9.84 Å². The van der Waals surface area contributed by atoms with Gasteiger partial charge in [-0.05, 0) is 42.7 Å². The van der Waals surface area contributed by atoms with E-state index in [0.29, 0.717) is 30.2 Å². The quantitative estimate of drug-likeness (QED) is 0.278. The van der Waals surface area contributed by atoms with Crippen LogP contribution in [-0.2, 0) is 21.0 Å². The average molecular weight is 564 g/mol. The van der Waals surface area contributed by atoms with E-state index < -0.39 is 32.2 Å². The topological polar surface area (TPSA) is 121 Å². The summed E-state index contributed by atoms with van der Waals surface area (Å²) in [4.78, 5) is 20.8. The molecule has 0 aliphatic rings. The number of sulfone groups is 1. The van der Waals surface area contributed by atoms with Crippen molar-refractivity contribution in [3.05, 3.63) is 94.2 Å². The largest absolute Gasteiger partial charge is 0.493 e. The second kappa shape index (κ2) is 12.4. The number of pyridine rings is 1. The lowest BCUT2D eigenvalue weighted by Crippen LogP contribution is -2.29. The van der Waals surface area contributed by atoms with Crippen LogP contribution in [0, 0.1) is 6.92 Å². The number of hydrogen-bond donors (Lipinski definition) is 1. The zero-order valence-corrected chi connectivity index (χ0v) is 23.8. The molecule has 0 fully saturated rings.